The first-order valence-electron chi connectivity index (χ1n) is 13.9. The molecule has 1 radical (unpaired) electrons. The van der Waals surface area contributed by atoms with Crippen molar-refractivity contribution >= 4 is 11.1 Å². The largest absolute Gasteiger partial charge is 3.00 e. The molecule has 1 atom stereocenters. The summed E-state index contributed by atoms with van der Waals surface area (Å²) < 4.78 is 18.8. The third-order valence-corrected chi connectivity index (χ3v) is 6.82. The van der Waals surface area contributed by atoms with Crippen molar-refractivity contribution in [2.45, 2.75) is 147 Å². The molecule has 0 aromatic heterocycles. The summed E-state index contributed by atoms with van der Waals surface area (Å²) in [6, 6.07) is 8.47. The molecule has 1 N–H and O–H groups in total. The molecule has 3 rings (SSSR count). The van der Waals surface area contributed by atoms with Crippen molar-refractivity contribution in [1.82, 2.24) is 0 Å². The van der Waals surface area contributed by atoms with Crippen LogP contribution in [-0.4, -0.2) is 8.76 Å². The van der Waals surface area contributed by atoms with E-state index < -0.39 is 11.1 Å². The smallest absolute Gasteiger partial charge is 0.514 e. The summed E-state index contributed by atoms with van der Waals surface area (Å²) in [7, 11) is 0. The molecule has 2 aliphatic carbocycles. The van der Waals surface area contributed by atoms with Gasteiger partial charge >= 0.3 is 26.2 Å². The number of rotatable bonds is 11. The summed E-state index contributed by atoms with van der Waals surface area (Å²) in [5.41, 5.74) is 1.22. The topological polar surface area (TPSA) is 37.3 Å². The van der Waals surface area contributed by atoms with Crippen molar-refractivity contribution in [1.29, 1.82) is 0 Å². The van der Waals surface area contributed by atoms with Gasteiger partial charge in [0.1, 0.15) is 0 Å². The van der Waals surface area contributed by atoms with Crippen molar-refractivity contribution in [2.24, 2.45) is 0 Å². The Morgan fingerprint density at radius 2 is 1.09 bits per heavy atom. The van der Waals surface area contributed by atoms with E-state index in [9.17, 15) is 4.21 Å². The predicted molar refractivity (Wildman–Crippen MR) is 147 cm³/mol. The molecule has 0 amide bonds. The second-order valence-electron chi connectivity index (χ2n) is 9.38. The van der Waals surface area contributed by atoms with Crippen LogP contribution in [0.15, 0.2) is 40.8 Å². The first-order valence-corrected chi connectivity index (χ1v) is 15.0. The van der Waals surface area contributed by atoms with Gasteiger partial charge in [-0.15, -0.1) is 0 Å². The Bertz CT molecular complexity index is 529. The Labute approximate surface area is 234 Å². The fourth-order valence-corrected chi connectivity index (χ4v) is 4.36. The summed E-state index contributed by atoms with van der Waals surface area (Å²) in [4.78, 5) is 0.442. The van der Waals surface area contributed by atoms with Crippen LogP contribution in [0, 0.1) is 6.58 Å². The monoisotopic (exact) mass is 567 g/mol. The van der Waals surface area contributed by atoms with Gasteiger partial charge in [0.2, 0.25) is 0 Å². The summed E-state index contributed by atoms with van der Waals surface area (Å²) in [6.45, 7) is 10.4. The Balaban J connectivity index is 0. The van der Waals surface area contributed by atoms with Crippen molar-refractivity contribution in [3.8, 4) is 0 Å². The minimum Gasteiger partial charge on any atom is -0.514 e. The molecular formula is C30H53O2SZr+2. The van der Waals surface area contributed by atoms with Crippen LogP contribution < -0.4 is 0 Å². The molecule has 2 nitrogen and oxygen atoms in total. The Morgan fingerprint density at radius 3 is 1.47 bits per heavy atom. The third-order valence-electron chi connectivity index (χ3n) is 6.15. The zero-order chi connectivity index (χ0) is 24.4. The normalized spacial score (nSPS) is 14.8. The Morgan fingerprint density at radius 1 is 0.706 bits per heavy atom. The van der Waals surface area contributed by atoms with Gasteiger partial charge in [-0.1, -0.05) is 160 Å². The SMILES string of the molecule is C1CCCC1.C1CCCC1.O=S(O)c1ccccc1.[CH-]=C(CCCC)CCCCCCCC.[Zr+3]. The summed E-state index contributed by atoms with van der Waals surface area (Å²) in [5.74, 6) is 0. The van der Waals surface area contributed by atoms with Gasteiger partial charge in [-0.3, -0.25) is 5.57 Å². The minimum atomic E-state index is -1.83. The van der Waals surface area contributed by atoms with E-state index >= 15 is 0 Å². The standard InChI is InChI=1S/C14H27.C6H6O2S.2C5H10.Zr/c1-4-6-8-9-10-11-13-14(3)12-7-5-2;7-9(8)6-4-2-1-3-5-6;2*1-2-4-5-3-1;/h3H,4-13H2,1-2H3;1-5H,(H,7,8);2*1-5H2;/q-1;;;;+3. The van der Waals surface area contributed by atoms with Gasteiger partial charge in [0, 0.05) is 0 Å². The van der Waals surface area contributed by atoms with Gasteiger partial charge in [-0.2, -0.15) is 0 Å². The maximum atomic E-state index is 10.3. The second-order valence-corrected chi connectivity index (χ2v) is 10.3. The van der Waals surface area contributed by atoms with Gasteiger partial charge < -0.3 is 11.1 Å². The molecule has 2 aliphatic rings. The Hall–Kier alpha value is -0.0469. The van der Waals surface area contributed by atoms with Crippen LogP contribution in [-0.2, 0) is 37.3 Å². The quantitative estimate of drug-likeness (QED) is 0.164. The Kier molecular flexibility index (Phi) is 31.0. The van der Waals surface area contributed by atoms with E-state index in [0.717, 1.165) is 12.8 Å². The van der Waals surface area contributed by atoms with E-state index in [1.54, 1.807) is 30.3 Å². The van der Waals surface area contributed by atoms with E-state index in [2.05, 4.69) is 13.8 Å². The molecule has 0 spiro atoms. The molecule has 0 saturated heterocycles. The van der Waals surface area contributed by atoms with Crippen molar-refractivity contribution in [2.75, 3.05) is 0 Å². The van der Waals surface area contributed by atoms with Gasteiger partial charge in [0.15, 0.2) is 11.1 Å². The summed E-state index contributed by atoms with van der Waals surface area (Å²) >= 11 is -1.83. The van der Waals surface area contributed by atoms with Crippen molar-refractivity contribution < 1.29 is 35.0 Å². The van der Waals surface area contributed by atoms with E-state index in [1.807, 2.05) is 0 Å². The predicted octanol–water partition coefficient (Wildman–Crippen LogP) is 10.5. The van der Waals surface area contributed by atoms with Crippen LogP contribution >= 0.6 is 0 Å². The average molecular weight is 569 g/mol. The first-order chi connectivity index (χ1) is 16.1. The molecule has 1 aromatic carbocycles. The molecular weight excluding hydrogens is 516 g/mol. The number of hydrogen-bond donors (Lipinski definition) is 1. The van der Waals surface area contributed by atoms with Gasteiger partial charge in [-0.05, 0) is 12.1 Å². The first kappa shape index (κ1) is 36.1. The van der Waals surface area contributed by atoms with Crippen LogP contribution in [0.5, 0.6) is 0 Å². The third kappa shape index (κ3) is 26.6. The van der Waals surface area contributed by atoms with Crippen molar-refractivity contribution in [3.63, 3.8) is 0 Å². The molecule has 0 bridgehead atoms. The summed E-state index contributed by atoms with van der Waals surface area (Å²) in [5, 5.41) is 0. The maximum Gasteiger partial charge on any atom is 3.00 e. The molecule has 2 saturated carbocycles. The van der Waals surface area contributed by atoms with Crippen LogP contribution in [0.4, 0.5) is 0 Å². The van der Waals surface area contributed by atoms with Crippen molar-refractivity contribution in [3.05, 3.63) is 42.5 Å². The molecule has 2 fully saturated rings. The average Bonchev–Trinajstić information content (AvgIpc) is 3.60. The van der Waals surface area contributed by atoms with Crippen LogP contribution in [0.25, 0.3) is 0 Å². The number of hydrogen-bond acceptors (Lipinski definition) is 1. The maximum absolute atomic E-state index is 10.3. The zero-order valence-electron chi connectivity index (χ0n) is 22.4. The molecule has 193 valence electrons. The molecule has 4 heteroatoms. The molecule has 34 heavy (non-hydrogen) atoms. The van der Waals surface area contributed by atoms with Crippen LogP contribution in [0.1, 0.15) is 142 Å². The van der Waals surface area contributed by atoms with E-state index in [0.29, 0.717) is 4.90 Å². The van der Waals surface area contributed by atoms with E-state index in [4.69, 9.17) is 11.1 Å². The van der Waals surface area contributed by atoms with E-state index in [-0.39, 0.29) is 26.2 Å². The molecule has 1 unspecified atom stereocenters. The number of allylic oxidation sites excluding steroid dienone is 1. The van der Waals surface area contributed by atoms with E-state index in [1.165, 1.54) is 121 Å². The zero-order valence-corrected chi connectivity index (χ0v) is 25.6. The van der Waals surface area contributed by atoms with Gasteiger partial charge in [0.05, 0.1) is 4.90 Å². The van der Waals surface area contributed by atoms with Gasteiger partial charge in [0.25, 0.3) is 0 Å². The fourth-order valence-electron chi connectivity index (χ4n) is 3.97. The summed E-state index contributed by atoms with van der Waals surface area (Å²) in [6.07, 6.45) is 28.0. The number of unbranched alkanes of at least 4 members (excludes halogenated alkanes) is 6. The van der Waals surface area contributed by atoms with Crippen LogP contribution in [0.2, 0.25) is 0 Å². The fraction of sp³-hybridized carbons (Fsp3) is 0.733. The second kappa shape index (κ2) is 29.2. The molecule has 0 heterocycles. The molecule has 0 aliphatic heterocycles. The number of benzene rings is 1. The minimum absolute atomic E-state index is 0. The van der Waals surface area contributed by atoms with Gasteiger partial charge in [-0.25, -0.2) is 4.21 Å². The molecule has 1 aromatic rings. The van der Waals surface area contributed by atoms with Crippen LogP contribution in [0.3, 0.4) is 0 Å².